The van der Waals surface area contributed by atoms with Crippen LogP contribution in [0, 0.1) is 6.92 Å². The summed E-state index contributed by atoms with van der Waals surface area (Å²) in [5.41, 5.74) is 8.99. The highest BCUT2D eigenvalue weighted by molar-refractivity contribution is 5.67. The quantitative estimate of drug-likeness (QED) is 0.878. The van der Waals surface area contributed by atoms with Gasteiger partial charge in [0.2, 0.25) is 0 Å². The van der Waals surface area contributed by atoms with Gasteiger partial charge in [0.25, 0.3) is 0 Å². The van der Waals surface area contributed by atoms with Gasteiger partial charge in [0.15, 0.2) is 0 Å². The molecule has 0 spiro atoms. The normalized spacial score (nSPS) is 10.6. The SMILES string of the molecule is CCOc1ccc(C)c(-c2cnn(CCN)c2)c1. The number of rotatable bonds is 5. The zero-order valence-corrected chi connectivity index (χ0v) is 10.9. The first-order valence-electron chi connectivity index (χ1n) is 6.21. The number of benzene rings is 1. The molecule has 0 unspecified atom stereocenters. The molecule has 0 bridgehead atoms. The van der Waals surface area contributed by atoms with Crippen molar-refractivity contribution in [1.82, 2.24) is 9.78 Å². The Labute approximate surface area is 107 Å². The van der Waals surface area contributed by atoms with Crippen LogP contribution in [0.4, 0.5) is 0 Å². The van der Waals surface area contributed by atoms with Crippen LogP contribution in [-0.2, 0) is 6.54 Å². The molecule has 2 rings (SSSR count). The third kappa shape index (κ3) is 2.71. The lowest BCUT2D eigenvalue weighted by Crippen LogP contribution is -2.09. The van der Waals surface area contributed by atoms with Crippen molar-refractivity contribution in [3.63, 3.8) is 0 Å². The fraction of sp³-hybridized carbons (Fsp3) is 0.357. The van der Waals surface area contributed by atoms with Gasteiger partial charge in [-0.2, -0.15) is 5.10 Å². The van der Waals surface area contributed by atoms with Crippen molar-refractivity contribution in [2.75, 3.05) is 13.2 Å². The van der Waals surface area contributed by atoms with E-state index in [9.17, 15) is 0 Å². The topological polar surface area (TPSA) is 53.1 Å². The van der Waals surface area contributed by atoms with E-state index in [4.69, 9.17) is 10.5 Å². The van der Waals surface area contributed by atoms with Gasteiger partial charge in [-0.05, 0) is 37.1 Å². The van der Waals surface area contributed by atoms with Gasteiger partial charge in [0, 0.05) is 18.3 Å². The molecule has 18 heavy (non-hydrogen) atoms. The molecule has 0 aliphatic carbocycles. The zero-order valence-electron chi connectivity index (χ0n) is 10.9. The molecule has 0 aliphatic rings. The van der Waals surface area contributed by atoms with Crippen molar-refractivity contribution in [3.05, 3.63) is 36.2 Å². The van der Waals surface area contributed by atoms with Crippen LogP contribution in [0.3, 0.4) is 0 Å². The van der Waals surface area contributed by atoms with Gasteiger partial charge in [0.1, 0.15) is 5.75 Å². The summed E-state index contributed by atoms with van der Waals surface area (Å²) < 4.78 is 7.39. The number of nitrogens with two attached hydrogens (primary N) is 1. The van der Waals surface area contributed by atoms with Gasteiger partial charge in [-0.3, -0.25) is 4.68 Å². The summed E-state index contributed by atoms with van der Waals surface area (Å²) in [5.74, 6) is 0.893. The van der Waals surface area contributed by atoms with Crippen LogP contribution in [0.15, 0.2) is 30.6 Å². The van der Waals surface area contributed by atoms with Gasteiger partial charge >= 0.3 is 0 Å². The second-order valence-corrected chi connectivity index (χ2v) is 4.19. The van der Waals surface area contributed by atoms with E-state index in [0.717, 1.165) is 23.4 Å². The second kappa shape index (κ2) is 5.69. The van der Waals surface area contributed by atoms with Gasteiger partial charge < -0.3 is 10.5 Å². The minimum Gasteiger partial charge on any atom is -0.494 e. The Morgan fingerprint density at radius 3 is 2.94 bits per heavy atom. The maximum atomic E-state index is 5.53. The molecule has 0 saturated heterocycles. The van der Waals surface area contributed by atoms with Crippen LogP contribution >= 0.6 is 0 Å². The number of hydrogen-bond acceptors (Lipinski definition) is 3. The number of hydrogen-bond donors (Lipinski definition) is 1. The van der Waals surface area contributed by atoms with Crippen molar-refractivity contribution >= 4 is 0 Å². The Hall–Kier alpha value is -1.81. The van der Waals surface area contributed by atoms with E-state index in [1.807, 2.05) is 30.1 Å². The predicted molar refractivity (Wildman–Crippen MR) is 72.6 cm³/mol. The first kappa shape index (κ1) is 12.6. The molecule has 0 aliphatic heterocycles. The van der Waals surface area contributed by atoms with Crippen molar-refractivity contribution < 1.29 is 4.74 Å². The molecular weight excluding hydrogens is 226 g/mol. The molecular formula is C14H19N3O. The highest BCUT2D eigenvalue weighted by atomic mass is 16.5. The summed E-state index contributed by atoms with van der Waals surface area (Å²) in [5, 5.41) is 4.29. The summed E-state index contributed by atoms with van der Waals surface area (Å²) in [6, 6.07) is 6.12. The third-order valence-corrected chi connectivity index (χ3v) is 2.82. The minimum absolute atomic E-state index is 0.596. The van der Waals surface area contributed by atoms with Gasteiger partial charge in [-0.25, -0.2) is 0 Å². The molecule has 4 heteroatoms. The van der Waals surface area contributed by atoms with Crippen molar-refractivity contribution in [3.8, 4) is 16.9 Å². The Morgan fingerprint density at radius 2 is 2.22 bits per heavy atom. The second-order valence-electron chi connectivity index (χ2n) is 4.19. The lowest BCUT2D eigenvalue weighted by atomic mass is 10.0. The number of aryl methyl sites for hydroxylation is 1. The third-order valence-electron chi connectivity index (χ3n) is 2.82. The number of aromatic nitrogens is 2. The highest BCUT2D eigenvalue weighted by Gasteiger charge is 2.06. The summed E-state index contributed by atoms with van der Waals surface area (Å²) >= 11 is 0. The summed E-state index contributed by atoms with van der Waals surface area (Å²) in [7, 11) is 0. The van der Waals surface area contributed by atoms with E-state index in [2.05, 4.69) is 24.2 Å². The Bertz CT molecular complexity index is 520. The van der Waals surface area contributed by atoms with Gasteiger partial charge in [-0.15, -0.1) is 0 Å². The molecule has 96 valence electrons. The molecule has 4 nitrogen and oxygen atoms in total. The van der Waals surface area contributed by atoms with Crippen LogP contribution in [0.2, 0.25) is 0 Å². The monoisotopic (exact) mass is 245 g/mol. The molecule has 0 amide bonds. The maximum absolute atomic E-state index is 5.53. The molecule has 0 saturated carbocycles. The predicted octanol–water partition coefficient (Wildman–Crippen LogP) is 2.22. The van der Waals surface area contributed by atoms with Crippen molar-refractivity contribution in [1.29, 1.82) is 0 Å². The average Bonchev–Trinajstić information content (AvgIpc) is 2.81. The summed E-state index contributed by atoms with van der Waals surface area (Å²) in [4.78, 5) is 0. The maximum Gasteiger partial charge on any atom is 0.119 e. The molecule has 1 heterocycles. The first-order valence-corrected chi connectivity index (χ1v) is 6.21. The summed E-state index contributed by atoms with van der Waals surface area (Å²) in [6.07, 6.45) is 3.89. The van der Waals surface area contributed by atoms with Crippen LogP contribution in [0.1, 0.15) is 12.5 Å². The smallest absolute Gasteiger partial charge is 0.119 e. The van der Waals surface area contributed by atoms with Gasteiger partial charge in [0.05, 0.1) is 19.3 Å². The van der Waals surface area contributed by atoms with Crippen LogP contribution in [0.25, 0.3) is 11.1 Å². The van der Waals surface area contributed by atoms with Crippen LogP contribution in [0.5, 0.6) is 5.75 Å². The van der Waals surface area contributed by atoms with Gasteiger partial charge in [-0.1, -0.05) is 6.07 Å². The van der Waals surface area contributed by atoms with E-state index in [0.29, 0.717) is 13.2 Å². The fourth-order valence-electron chi connectivity index (χ4n) is 1.93. The van der Waals surface area contributed by atoms with E-state index < -0.39 is 0 Å². The largest absolute Gasteiger partial charge is 0.494 e. The lowest BCUT2D eigenvalue weighted by molar-refractivity contribution is 0.340. The first-order chi connectivity index (χ1) is 8.74. The van der Waals surface area contributed by atoms with Crippen molar-refractivity contribution in [2.45, 2.75) is 20.4 Å². The van der Waals surface area contributed by atoms with E-state index >= 15 is 0 Å². The molecule has 0 fully saturated rings. The molecule has 2 aromatic rings. The minimum atomic E-state index is 0.596. The molecule has 1 aromatic heterocycles. The Morgan fingerprint density at radius 1 is 1.39 bits per heavy atom. The standard InChI is InChI=1S/C14H19N3O/c1-3-18-13-5-4-11(2)14(8-13)12-9-16-17(10-12)7-6-15/h4-5,8-10H,3,6-7,15H2,1-2H3. The van der Waals surface area contributed by atoms with Crippen LogP contribution < -0.4 is 10.5 Å². The molecule has 2 N–H and O–H groups in total. The Balaban J connectivity index is 2.32. The van der Waals surface area contributed by atoms with E-state index in [1.54, 1.807) is 0 Å². The van der Waals surface area contributed by atoms with Crippen LogP contribution in [-0.4, -0.2) is 22.9 Å². The average molecular weight is 245 g/mol. The van der Waals surface area contributed by atoms with E-state index in [-0.39, 0.29) is 0 Å². The highest BCUT2D eigenvalue weighted by Crippen LogP contribution is 2.27. The molecule has 0 atom stereocenters. The zero-order chi connectivity index (χ0) is 13.0. The number of nitrogens with zero attached hydrogens (tertiary/aromatic N) is 2. The van der Waals surface area contributed by atoms with Crippen molar-refractivity contribution in [2.24, 2.45) is 5.73 Å². The molecule has 0 radical (unpaired) electrons. The summed E-state index contributed by atoms with van der Waals surface area (Å²) in [6.45, 7) is 6.09. The number of ether oxygens (including phenoxy) is 1. The molecule has 1 aromatic carbocycles. The fourth-order valence-corrected chi connectivity index (χ4v) is 1.93. The van der Waals surface area contributed by atoms with E-state index in [1.165, 1.54) is 5.56 Å². The Kier molecular flexibility index (Phi) is 3.99. The lowest BCUT2D eigenvalue weighted by Gasteiger charge is -2.07.